The van der Waals surface area contributed by atoms with E-state index in [2.05, 4.69) is 41.3 Å². The SMILES string of the molecule is CCCN1C=CN(c2ccc(OC)cc2)C1. The van der Waals surface area contributed by atoms with Crippen molar-refractivity contribution < 1.29 is 4.74 Å². The van der Waals surface area contributed by atoms with Gasteiger partial charge in [-0.05, 0) is 30.7 Å². The highest BCUT2D eigenvalue weighted by Crippen LogP contribution is 2.22. The Kier molecular flexibility index (Phi) is 3.34. The number of rotatable bonds is 4. The van der Waals surface area contributed by atoms with Crippen LogP contribution in [0.1, 0.15) is 13.3 Å². The van der Waals surface area contributed by atoms with Crippen LogP contribution in [-0.4, -0.2) is 25.2 Å². The number of hydrogen-bond donors (Lipinski definition) is 0. The maximum atomic E-state index is 5.14. The van der Waals surface area contributed by atoms with Crippen molar-refractivity contribution in [2.75, 3.05) is 25.2 Å². The third-order valence-corrected chi connectivity index (χ3v) is 2.71. The van der Waals surface area contributed by atoms with Gasteiger partial charge in [0.2, 0.25) is 0 Å². The van der Waals surface area contributed by atoms with Crippen LogP contribution in [0.25, 0.3) is 0 Å². The van der Waals surface area contributed by atoms with E-state index in [-0.39, 0.29) is 0 Å². The van der Waals surface area contributed by atoms with E-state index in [1.165, 1.54) is 12.1 Å². The molecule has 0 saturated heterocycles. The number of nitrogens with zero attached hydrogens (tertiary/aromatic N) is 2. The van der Waals surface area contributed by atoms with Crippen molar-refractivity contribution in [1.82, 2.24) is 4.90 Å². The molecule has 0 unspecified atom stereocenters. The summed E-state index contributed by atoms with van der Waals surface area (Å²) in [6, 6.07) is 8.15. The molecule has 0 amide bonds. The van der Waals surface area contributed by atoms with Gasteiger partial charge in [0.15, 0.2) is 0 Å². The smallest absolute Gasteiger partial charge is 0.119 e. The minimum atomic E-state index is 0.900. The molecule has 16 heavy (non-hydrogen) atoms. The topological polar surface area (TPSA) is 15.7 Å². The first kappa shape index (κ1) is 10.9. The largest absolute Gasteiger partial charge is 0.497 e. The second kappa shape index (κ2) is 4.92. The van der Waals surface area contributed by atoms with Gasteiger partial charge in [0.25, 0.3) is 0 Å². The van der Waals surface area contributed by atoms with Gasteiger partial charge in [-0.3, -0.25) is 0 Å². The summed E-state index contributed by atoms with van der Waals surface area (Å²) in [6.07, 6.45) is 5.45. The Morgan fingerprint density at radius 3 is 2.56 bits per heavy atom. The zero-order chi connectivity index (χ0) is 11.4. The number of hydrogen-bond acceptors (Lipinski definition) is 3. The van der Waals surface area contributed by atoms with Crippen LogP contribution in [0.15, 0.2) is 36.7 Å². The number of anilines is 1. The fraction of sp³-hybridized carbons (Fsp3) is 0.385. The minimum Gasteiger partial charge on any atom is -0.497 e. The minimum absolute atomic E-state index is 0.900. The normalized spacial score (nSPS) is 14.6. The van der Waals surface area contributed by atoms with Crippen LogP contribution < -0.4 is 9.64 Å². The predicted octanol–water partition coefficient (Wildman–Crippen LogP) is 2.66. The molecule has 3 nitrogen and oxygen atoms in total. The summed E-state index contributed by atoms with van der Waals surface area (Å²) in [4.78, 5) is 4.54. The lowest BCUT2D eigenvalue weighted by molar-refractivity contribution is 0.405. The van der Waals surface area contributed by atoms with Crippen molar-refractivity contribution in [1.29, 1.82) is 0 Å². The molecule has 0 fully saturated rings. The molecular weight excluding hydrogens is 200 g/mol. The molecule has 1 aliphatic heterocycles. The highest BCUT2D eigenvalue weighted by molar-refractivity contribution is 5.52. The van der Waals surface area contributed by atoms with Crippen LogP contribution in [0, 0.1) is 0 Å². The molecule has 0 radical (unpaired) electrons. The molecule has 1 heterocycles. The molecule has 2 rings (SSSR count). The van der Waals surface area contributed by atoms with Gasteiger partial charge in [-0.1, -0.05) is 6.92 Å². The van der Waals surface area contributed by atoms with Crippen molar-refractivity contribution in [3.63, 3.8) is 0 Å². The first-order chi connectivity index (χ1) is 7.83. The van der Waals surface area contributed by atoms with Gasteiger partial charge in [-0.2, -0.15) is 0 Å². The van der Waals surface area contributed by atoms with Gasteiger partial charge >= 0.3 is 0 Å². The van der Waals surface area contributed by atoms with E-state index in [0.29, 0.717) is 0 Å². The van der Waals surface area contributed by atoms with Crippen LogP contribution in [-0.2, 0) is 0 Å². The third kappa shape index (κ3) is 2.30. The van der Waals surface area contributed by atoms with Crippen molar-refractivity contribution in [3.05, 3.63) is 36.7 Å². The fourth-order valence-corrected chi connectivity index (χ4v) is 1.84. The molecular formula is C13H18N2O. The Morgan fingerprint density at radius 2 is 1.94 bits per heavy atom. The van der Waals surface area contributed by atoms with Gasteiger partial charge in [0.05, 0.1) is 13.8 Å². The maximum absolute atomic E-state index is 5.14. The number of ether oxygens (including phenoxy) is 1. The van der Waals surface area contributed by atoms with E-state index in [0.717, 1.165) is 19.0 Å². The molecule has 0 atom stereocenters. The van der Waals surface area contributed by atoms with Crippen LogP contribution in [0.5, 0.6) is 5.75 Å². The Labute approximate surface area is 96.9 Å². The van der Waals surface area contributed by atoms with E-state index in [1.807, 2.05) is 12.1 Å². The lowest BCUT2D eigenvalue weighted by Crippen LogP contribution is -2.25. The van der Waals surface area contributed by atoms with Crippen molar-refractivity contribution >= 4 is 5.69 Å². The lowest BCUT2D eigenvalue weighted by atomic mass is 10.3. The van der Waals surface area contributed by atoms with Crippen LogP contribution >= 0.6 is 0 Å². The highest BCUT2D eigenvalue weighted by Gasteiger charge is 2.12. The van der Waals surface area contributed by atoms with Crippen LogP contribution in [0.3, 0.4) is 0 Å². The van der Waals surface area contributed by atoms with E-state index in [4.69, 9.17) is 4.74 Å². The van der Waals surface area contributed by atoms with Gasteiger partial charge in [0.1, 0.15) is 5.75 Å². The highest BCUT2D eigenvalue weighted by atomic mass is 16.5. The Hall–Kier alpha value is -1.64. The Morgan fingerprint density at radius 1 is 1.19 bits per heavy atom. The molecule has 0 bridgehead atoms. The molecule has 86 valence electrons. The summed E-state index contributed by atoms with van der Waals surface area (Å²) in [5.74, 6) is 0.900. The Bertz CT molecular complexity index is 359. The molecule has 0 spiro atoms. The third-order valence-electron chi connectivity index (χ3n) is 2.71. The van der Waals surface area contributed by atoms with Crippen molar-refractivity contribution in [2.45, 2.75) is 13.3 Å². The van der Waals surface area contributed by atoms with Gasteiger partial charge in [-0.25, -0.2) is 0 Å². The van der Waals surface area contributed by atoms with Crippen LogP contribution in [0.4, 0.5) is 5.69 Å². The maximum Gasteiger partial charge on any atom is 0.119 e. The van der Waals surface area contributed by atoms with E-state index in [9.17, 15) is 0 Å². The summed E-state index contributed by atoms with van der Waals surface area (Å²) in [7, 11) is 1.69. The zero-order valence-electron chi connectivity index (χ0n) is 9.89. The second-order valence-corrected chi connectivity index (χ2v) is 3.92. The number of methoxy groups -OCH3 is 1. The van der Waals surface area contributed by atoms with Crippen LogP contribution in [0.2, 0.25) is 0 Å². The van der Waals surface area contributed by atoms with E-state index in [1.54, 1.807) is 7.11 Å². The monoisotopic (exact) mass is 218 g/mol. The molecule has 1 aliphatic rings. The summed E-state index contributed by atoms with van der Waals surface area (Å²) < 4.78 is 5.14. The lowest BCUT2D eigenvalue weighted by Gasteiger charge is -2.20. The quantitative estimate of drug-likeness (QED) is 0.772. The van der Waals surface area contributed by atoms with E-state index < -0.39 is 0 Å². The number of benzene rings is 1. The van der Waals surface area contributed by atoms with E-state index >= 15 is 0 Å². The standard InChI is InChI=1S/C13H18N2O/c1-3-8-14-9-10-15(11-14)12-4-6-13(16-2)7-5-12/h4-7,9-10H,3,8,11H2,1-2H3. The molecule has 0 N–H and O–H groups in total. The molecule has 1 aromatic rings. The fourth-order valence-electron chi connectivity index (χ4n) is 1.84. The first-order valence-corrected chi connectivity index (χ1v) is 5.66. The molecule has 0 aromatic heterocycles. The average molecular weight is 218 g/mol. The van der Waals surface area contributed by atoms with Gasteiger partial charge < -0.3 is 14.5 Å². The summed E-state index contributed by atoms with van der Waals surface area (Å²) in [5.41, 5.74) is 1.20. The molecule has 1 aromatic carbocycles. The van der Waals surface area contributed by atoms with Crippen molar-refractivity contribution in [3.8, 4) is 5.75 Å². The van der Waals surface area contributed by atoms with Crippen molar-refractivity contribution in [2.24, 2.45) is 0 Å². The molecule has 0 saturated carbocycles. The average Bonchev–Trinajstić information content (AvgIpc) is 2.78. The first-order valence-electron chi connectivity index (χ1n) is 5.66. The summed E-state index contributed by atoms with van der Waals surface area (Å²) >= 11 is 0. The van der Waals surface area contributed by atoms with Gasteiger partial charge in [-0.15, -0.1) is 0 Å². The Balaban J connectivity index is 2.01. The zero-order valence-corrected chi connectivity index (χ0v) is 9.89. The van der Waals surface area contributed by atoms with Gasteiger partial charge in [0, 0.05) is 24.6 Å². The summed E-state index contributed by atoms with van der Waals surface area (Å²) in [6.45, 7) is 4.26. The second-order valence-electron chi connectivity index (χ2n) is 3.92. The molecule has 0 aliphatic carbocycles. The molecule has 3 heteroatoms. The summed E-state index contributed by atoms with van der Waals surface area (Å²) in [5, 5.41) is 0. The predicted molar refractivity (Wildman–Crippen MR) is 66.5 cm³/mol.